The highest BCUT2D eigenvalue weighted by Gasteiger charge is 2.33. The molecule has 0 aromatic heterocycles. The van der Waals surface area contributed by atoms with Gasteiger partial charge in [0.2, 0.25) is 0 Å². The lowest BCUT2D eigenvalue weighted by molar-refractivity contribution is -0.132. The molecule has 0 aliphatic heterocycles. The first-order chi connectivity index (χ1) is 7.81. The van der Waals surface area contributed by atoms with Gasteiger partial charge in [0.15, 0.2) is 0 Å². The van der Waals surface area contributed by atoms with Crippen molar-refractivity contribution in [2.45, 2.75) is 43.9 Å². The summed E-state index contributed by atoms with van der Waals surface area (Å²) in [5.41, 5.74) is -0.681. The SMILES string of the molecule is O=C(NCCC(F)(F)F)NCCC1(O)CCC1. The first kappa shape index (κ1) is 14.1. The van der Waals surface area contributed by atoms with Gasteiger partial charge in [-0.15, -0.1) is 0 Å². The van der Waals surface area contributed by atoms with E-state index in [0.717, 1.165) is 19.3 Å². The van der Waals surface area contributed by atoms with Crippen molar-refractivity contribution in [1.82, 2.24) is 10.6 Å². The van der Waals surface area contributed by atoms with Crippen LogP contribution in [0.15, 0.2) is 0 Å². The van der Waals surface area contributed by atoms with E-state index >= 15 is 0 Å². The van der Waals surface area contributed by atoms with Crippen LogP contribution >= 0.6 is 0 Å². The monoisotopic (exact) mass is 254 g/mol. The number of nitrogens with one attached hydrogen (secondary N) is 2. The van der Waals surface area contributed by atoms with Crippen molar-refractivity contribution in [2.75, 3.05) is 13.1 Å². The zero-order valence-corrected chi connectivity index (χ0v) is 9.44. The van der Waals surface area contributed by atoms with Crippen LogP contribution < -0.4 is 10.6 Å². The maximum atomic E-state index is 11.8. The molecule has 0 aromatic carbocycles. The van der Waals surface area contributed by atoms with Crippen molar-refractivity contribution in [2.24, 2.45) is 0 Å². The lowest BCUT2D eigenvalue weighted by atomic mass is 9.78. The predicted molar refractivity (Wildman–Crippen MR) is 55.5 cm³/mol. The van der Waals surface area contributed by atoms with Gasteiger partial charge < -0.3 is 15.7 Å². The number of carbonyl (C=O) groups excluding carboxylic acids is 1. The first-order valence-electron chi connectivity index (χ1n) is 5.62. The molecule has 0 atom stereocenters. The van der Waals surface area contributed by atoms with Crippen LogP contribution in [0.3, 0.4) is 0 Å². The maximum absolute atomic E-state index is 11.8. The molecule has 1 saturated carbocycles. The quantitative estimate of drug-likeness (QED) is 0.697. The second-order valence-electron chi connectivity index (χ2n) is 4.38. The van der Waals surface area contributed by atoms with Gasteiger partial charge in [-0.3, -0.25) is 0 Å². The zero-order valence-electron chi connectivity index (χ0n) is 9.44. The van der Waals surface area contributed by atoms with Gasteiger partial charge in [-0.25, -0.2) is 4.79 Å². The molecule has 1 rings (SSSR count). The molecule has 1 aliphatic rings. The Morgan fingerprint density at radius 2 is 1.82 bits per heavy atom. The van der Waals surface area contributed by atoms with Gasteiger partial charge in [0.05, 0.1) is 12.0 Å². The molecule has 4 nitrogen and oxygen atoms in total. The minimum Gasteiger partial charge on any atom is -0.390 e. The summed E-state index contributed by atoms with van der Waals surface area (Å²) in [6.07, 6.45) is -2.42. The molecule has 1 aliphatic carbocycles. The number of rotatable bonds is 5. The summed E-state index contributed by atoms with van der Waals surface area (Å²) in [7, 11) is 0. The summed E-state index contributed by atoms with van der Waals surface area (Å²) >= 11 is 0. The van der Waals surface area contributed by atoms with Crippen molar-refractivity contribution in [3.05, 3.63) is 0 Å². The molecule has 1 fully saturated rings. The van der Waals surface area contributed by atoms with E-state index in [1.807, 2.05) is 0 Å². The van der Waals surface area contributed by atoms with E-state index in [9.17, 15) is 23.1 Å². The molecular formula is C10H17F3N2O2. The average Bonchev–Trinajstić information content (AvgIpc) is 2.13. The molecule has 0 spiro atoms. The highest BCUT2D eigenvalue weighted by Crippen LogP contribution is 2.33. The van der Waals surface area contributed by atoms with Crippen LogP contribution in [0, 0.1) is 0 Å². The van der Waals surface area contributed by atoms with Gasteiger partial charge in [-0.2, -0.15) is 13.2 Å². The molecule has 3 N–H and O–H groups in total. The third-order valence-corrected chi connectivity index (χ3v) is 2.85. The number of aliphatic hydroxyl groups is 1. The Hall–Kier alpha value is -0.980. The fourth-order valence-electron chi connectivity index (χ4n) is 1.62. The number of hydrogen-bond donors (Lipinski definition) is 3. The number of hydrogen-bond acceptors (Lipinski definition) is 2. The van der Waals surface area contributed by atoms with E-state index in [-0.39, 0.29) is 6.54 Å². The molecule has 100 valence electrons. The standard InChI is InChI=1S/C10H17F3N2O2/c11-10(12,13)5-7-15-8(16)14-6-4-9(17)2-1-3-9/h17H,1-7H2,(H2,14,15,16). The van der Waals surface area contributed by atoms with Gasteiger partial charge >= 0.3 is 12.2 Å². The van der Waals surface area contributed by atoms with Crippen LogP contribution in [-0.4, -0.2) is 36.0 Å². The summed E-state index contributed by atoms with van der Waals surface area (Å²) in [5, 5.41) is 14.2. The normalized spacial score (nSPS) is 18.4. The molecule has 0 aromatic rings. The fourth-order valence-corrected chi connectivity index (χ4v) is 1.62. The molecule has 7 heteroatoms. The summed E-state index contributed by atoms with van der Waals surface area (Å²) < 4.78 is 35.3. The Morgan fingerprint density at radius 3 is 2.29 bits per heavy atom. The van der Waals surface area contributed by atoms with Crippen molar-refractivity contribution in [3.8, 4) is 0 Å². The topological polar surface area (TPSA) is 61.4 Å². The van der Waals surface area contributed by atoms with E-state index in [4.69, 9.17) is 0 Å². The molecule has 0 unspecified atom stereocenters. The van der Waals surface area contributed by atoms with Crippen LogP contribution in [-0.2, 0) is 0 Å². The fraction of sp³-hybridized carbons (Fsp3) is 0.900. The van der Waals surface area contributed by atoms with E-state index in [1.165, 1.54) is 0 Å². The third-order valence-electron chi connectivity index (χ3n) is 2.85. The summed E-state index contributed by atoms with van der Waals surface area (Å²) in [6, 6.07) is -0.628. The number of amides is 2. The smallest absolute Gasteiger partial charge is 0.390 e. The van der Waals surface area contributed by atoms with Crippen LogP contribution in [0.4, 0.5) is 18.0 Å². The minimum atomic E-state index is -4.26. The molecule has 0 bridgehead atoms. The van der Waals surface area contributed by atoms with Gasteiger partial charge in [-0.1, -0.05) is 0 Å². The maximum Gasteiger partial charge on any atom is 0.390 e. The molecule has 17 heavy (non-hydrogen) atoms. The second-order valence-corrected chi connectivity index (χ2v) is 4.38. The van der Waals surface area contributed by atoms with E-state index in [2.05, 4.69) is 10.6 Å². The van der Waals surface area contributed by atoms with Crippen molar-refractivity contribution in [1.29, 1.82) is 0 Å². The molecule has 0 heterocycles. The highest BCUT2D eigenvalue weighted by molar-refractivity contribution is 5.73. The molecule has 2 amide bonds. The molecule has 0 radical (unpaired) electrons. The molecule has 0 saturated heterocycles. The van der Waals surface area contributed by atoms with Crippen LogP contribution in [0.5, 0.6) is 0 Å². The highest BCUT2D eigenvalue weighted by atomic mass is 19.4. The molecular weight excluding hydrogens is 237 g/mol. The van der Waals surface area contributed by atoms with Gasteiger partial charge in [0.25, 0.3) is 0 Å². The average molecular weight is 254 g/mol. The van der Waals surface area contributed by atoms with Crippen LogP contribution in [0.2, 0.25) is 0 Å². The van der Waals surface area contributed by atoms with Crippen LogP contribution in [0.25, 0.3) is 0 Å². The number of halogens is 3. The lowest BCUT2D eigenvalue weighted by Crippen LogP contribution is -2.43. The van der Waals surface area contributed by atoms with Gasteiger partial charge in [0.1, 0.15) is 0 Å². The van der Waals surface area contributed by atoms with Crippen LogP contribution in [0.1, 0.15) is 32.1 Å². The Balaban J connectivity index is 2.01. The summed E-state index contributed by atoms with van der Waals surface area (Å²) in [4.78, 5) is 11.0. The number of urea groups is 1. The summed E-state index contributed by atoms with van der Waals surface area (Å²) in [6.45, 7) is -0.159. The Bertz CT molecular complexity index is 265. The lowest BCUT2D eigenvalue weighted by Gasteiger charge is -2.36. The van der Waals surface area contributed by atoms with Crippen molar-refractivity contribution in [3.63, 3.8) is 0 Å². The van der Waals surface area contributed by atoms with Crippen molar-refractivity contribution < 1.29 is 23.1 Å². The zero-order chi connectivity index (χ0) is 12.9. The second kappa shape index (κ2) is 5.57. The summed E-state index contributed by atoms with van der Waals surface area (Å²) in [5.74, 6) is 0. The first-order valence-corrected chi connectivity index (χ1v) is 5.62. The van der Waals surface area contributed by atoms with Gasteiger partial charge in [-0.05, 0) is 25.7 Å². The Kier molecular flexibility index (Phi) is 4.62. The number of alkyl halides is 3. The number of carbonyl (C=O) groups is 1. The van der Waals surface area contributed by atoms with Crippen molar-refractivity contribution >= 4 is 6.03 Å². The van der Waals surface area contributed by atoms with Gasteiger partial charge in [0, 0.05) is 13.1 Å². The van der Waals surface area contributed by atoms with E-state index in [1.54, 1.807) is 0 Å². The van der Waals surface area contributed by atoms with E-state index in [0.29, 0.717) is 6.42 Å². The van der Waals surface area contributed by atoms with E-state index < -0.39 is 30.8 Å². The third kappa shape index (κ3) is 5.76. The Morgan fingerprint density at radius 1 is 1.24 bits per heavy atom. The largest absolute Gasteiger partial charge is 0.390 e. The predicted octanol–water partition coefficient (Wildman–Crippen LogP) is 1.54. The Labute approximate surface area is 97.6 Å². The minimum absolute atomic E-state index is 0.272.